The maximum atomic E-state index is 5.84. The molecule has 2 aromatic carbocycles. The van der Waals surface area contributed by atoms with Gasteiger partial charge in [0.1, 0.15) is 17.3 Å². The number of piperidine rings is 1. The van der Waals surface area contributed by atoms with Gasteiger partial charge in [-0.3, -0.25) is 4.99 Å². The first-order valence-corrected chi connectivity index (χ1v) is 10.0. The molecule has 148 valence electrons. The highest BCUT2D eigenvalue weighted by molar-refractivity contribution is 5.94. The summed E-state index contributed by atoms with van der Waals surface area (Å²) < 4.78 is 5.84. The van der Waals surface area contributed by atoms with Crippen LogP contribution in [0.15, 0.2) is 71.4 Å². The molecule has 1 heterocycles. The van der Waals surface area contributed by atoms with Gasteiger partial charge >= 0.3 is 0 Å². The predicted molar refractivity (Wildman–Crippen MR) is 117 cm³/mol. The summed E-state index contributed by atoms with van der Waals surface area (Å²) in [6.07, 6.45) is 4.46. The summed E-state index contributed by atoms with van der Waals surface area (Å²) in [6.45, 7) is 6.98. The van der Waals surface area contributed by atoms with E-state index in [4.69, 9.17) is 4.74 Å². The monoisotopic (exact) mass is 378 g/mol. The number of hydrogen-bond acceptors (Lipinski definition) is 4. The first-order chi connectivity index (χ1) is 13.7. The van der Waals surface area contributed by atoms with E-state index in [0.29, 0.717) is 6.04 Å². The lowest BCUT2D eigenvalue weighted by atomic mass is 10.1. The molecule has 1 saturated heterocycles. The van der Waals surface area contributed by atoms with Gasteiger partial charge in [-0.2, -0.15) is 0 Å². The van der Waals surface area contributed by atoms with Crippen LogP contribution in [0.25, 0.3) is 0 Å². The van der Waals surface area contributed by atoms with Crippen molar-refractivity contribution in [2.75, 3.05) is 25.0 Å². The van der Waals surface area contributed by atoms with Gasteiger partial charge in [-0.25, -0.2) is 0 Å². The van der Waals surface area contributed by atoms with Crippen molar-refractivity contribution in [1.29, 1.82) is 0 Å². The Labute approximate surface area is 167 Å². The maximum Gasteiger partial charge on any atom is 0.127 e. The second-order valence-electron chi connectivity index (χ2n) is 6.94. The molecule has 1 fully saturated rings. The topological polar surface area (TPSA) is 57.7 Å². The lowest BCUT2D eigenvalue weighted by Gasteiger charge is -2.25. The van der Waals surface area contributed by atoms with Crippen molar-refractivity contribution in [2.24, 2.45) is 4.99 Å². The molecule has 2 aromatic rings. The van der Waals surface area contributed by atoms with Crippen molar-refractivity contribution in [1.82, 2.24) is 10.6 Å². The van der Waals surface area contributed by atoms with Gasteiger partial charge in [0, 0.05) is 30.5 Å². The summed E-state index contributed by atoms with van der Waals surface area (Å²) in [5.74, 6) is 2.59. The Hall–Kier alpha value is -2.79. The van der Waals surface area contributed by atoms with Crippen LogP contribution in [0.5, 0.6) is 11.5 Å². The van der Waals surface area contributed by atoms with Crippen LogP contribution in [0.2, 0.25) is 0 Å². The highest BCUT2D eigenvalue weighted by Gasteiger charge is 2.13. The fraction of sp³-hybridized carbons (Fsp3) is 0.348. The largest absolute Gasteiger partial charge is 0.457 e. The van der Waals surface area contributed by atoms with Crippen molar-refractivity contribution >= 4 is 11.5 Å². The smallest absolute Gasteiger partial charge is 0.127 e. The van der Waals surface area contributed by atoms with Crippen LogP contribution in [0.4, 0.5) is 5.69 Å². The normalized spacial score (nSPS) is 17.9. The summed E-state index contributed by atoms with van der Waals surface area (Å²) >= 11 is 0. The zero-order valence-corrected chi connectivity index (χ0v) is 16.7. The third-order valence-electron chi connectivity index (χ3n) is 4.51. The summed E-state index contributed by atoms with van der Waals surface area (Å²) in [7, 11) is 0. The van der Waals surface area contributed by atoms with Gasteiger partial charge in [0.15, 0.2) is 0 Å². The summed E-state index contributed by atoms with van der Waals surface area (Å²) in [5, 5.41) is 10.4. The lowest BCUT2D eigenvalue weighted by Crippen LogP contribution is -2.45. The quantitative estimate of drug-likeness (QED) is 0.488. The fourth-order valence-corrected chi connectivity index (χ4v) is 3.19. The molecule has 0 aromatic heterocycles. The number of para-hydroxylation sites is 1. The first-order valence-electron chi connectivity index (χ1n) is 10.0. The van der Waals surface area contributed by atoms with E-state index >= 15 is 0 Å². The maximum absolute atomic E-state index is 5.84. The molecule has 1 aliphatic rings. The molecule has 5 nitrogen and oxygen atoms in total. The zero-order chi connectivity index (χ0) is 19.6. The molecule has 3 rings (SSSR count). The molecule has 1 unspecified atom stereocenters. The Morgan fingerprint density at radius 1 is 1.14 bits per heavy atom. The predicted octanol–water partition coefficient (Wildman–Crippen LogP) is 4.55. The van der Waals surface area contributed by atoms with E-state index in [1.54, 1.807) is 0 Å². The van der Waals surface area contributed by atoms with Gasteiger partial charge in [-0.05, 0) is 75.7 Å². The number of nitrogens with one attached hydrogen (secondary N) is 3. The Balaban J connectivity index is 1.58. The van der Waals surface area contributed by atoms with Crippen LogP contribution in [0.3, 0.4) is 0 Å². The van der Waals surface area contributed by atoms with Gasteiger partial charge < -0.3 is 20.7 Å². The van der Waals surface area contributed by atoms with E-state index in [1.165, 1.54) is 12.8 Å². The molecular weight excluding hydrogens is 348 g/mol. The number of benzene rings is 2. The highest BCUT2D eigenvalue weighted by atomic mass is 16.5. The summed E-state index contributed by atoms with van der Waals surface area (Å²) in [5.41, 5.74) is 2.06. The van der Waals surface area contributed by atoms with Crippen molar-refractivity contribution in [3.63, 3.8) is 0 Å². The Kier molecular flexibility index (Phi) is 7.50. The van der Waals surface area contributed by atoms with E-state index < -0.39 is 0 Å². The number of aliphatic imine (C=N–C) groups is 1. The molecule has 0 saturated carbocycles. The third kappa shape index (κ3) is 6.43. The lowest BCUT2D eigenvalue weighted by molar-refractivity contribution is 0.431. The molecule has 1 atom stereocenters. The number of rotatable bonds is 7. The van der Waals surface area contributed by atoms with E-state index in [2.05, 4.69) is 40.9 Å². The van der Waals surface area contributed by atoms with Crippen LogP contribution in [0, 0.1) is 0 Å². The van der Waals surface area contributed by atoms with E-state index in [9.17, 15) is 0 Å². The Morgan fingerprint density at radius 3 is 2.57 bits per heavy atom. The van der Waals surface area contributed by atoms with Crippen LogP contribution in [-0.4, -0.2) is 31.5 Å². The number of anilines is 1. The average molecular weight is 379 g/mol. The van der Waals surface area contributed by atoms with Gasteiger partial charge in [-0.1, -0.05) is 18.2 Å². The average Bonchev–Trinajstić information content (AvgIpc) is 2.71. The minimum atomic E-state index is 0.442. The van der Waals surface area contributed by atoms with Gasteiger partial charge in [0.2, 0.25) is 0 Å². The summed E-state index contributed by atoms with van der Waals surface area (Å²) in [6, 6.07) is 18.2. The molecule has 0 bridgehead atoms. The minimum Gasteiger partial charge on any atom is -0.457 e. The van der Waals surface area contributed by atoms with Gasteiger partial charge in [0.05, 0.1) is 0 Å². The molecule has 28 heavy (non-hydrogen) atoms. The van der Waals surface area contributed by atoms with E-state index in [1.807, 2.05) is 54.6 Å². The van der Waals surface area contributed by atoms with Crippen LogP contribution in [0.1, 0.15) is 26.7 Å². The zero-order valence-electron chi connectivity index (χ0n) is 16.7. The van der Waals surface area contributed by atoms with Crippen LogP contribution in [-0.2, 0) is 0 Å². The number of nitrogens with zero attached hydrogens (tertiary/aromatic N) is 1. The van der Waals surface area contributed by atoms with Gasteiger partial charge in [0.25, 0.3) is 0 Å². The summed E-state index contributed by atoms with van der Waals surface area (Å²) in [4.78, 5) is 4.60. The molecule has 0 spiro atoms. The fourth-order valence-electron chi connectivity index (χ4n) is 3.19. The molecule has 0 amide bonds. The van der Waals surface area contributed by atoms with Crippen molar-refractivity contribution < 1.29 is 4.74 Å². The second kappa shape index (κ2) is 10.5. The van der Waals surface area contributed by atoms with Crippen molar-refractivity contribution in [3.05, 3.63) is 66.4 Å². The number of amidine groups is 1. The standard InChI is InChI=1S/C23H30N4O/c1-3-25-23(27-20-8-7-15-24-17-20)16-18(2)26-19-11-13-22(14-12-19)28-21-9-5-4-6-10-21/h4-6,9-14,16,20,24,26H,3,7-8,15,17H2,1-2H3,(H,25,27)/b18-16+. The Morgan fingerprint density at radius 2 is 1.89 bits per heavy atom. The van der Waals surface area contributed by atoms with E-state index in [-0.39, 0.29) is 0 Å². The minimum absolute atomic E-state index is 0.442. The number of allylic oxidation sites excluding steroid dienone is 1. The highest BCUT2D eigenvalue weighted by Crippen LogP contribution is 2.23. The molecule has 0 radical (unpaired) electrons. The van der Waals surface area contributed by atoms with Crippen LogP contribution >= 0.6 is 0 Å². The van der Waals surface area contributed by atoms with Crippen LogP contribution < -0.4 is 20.7 Å². The molecule has 1 aliphatic heterocycles. The Bertz CT molecular complexity index is 778. The molecule has 5 heteroatoms. The van der Waals surface area contributed by atoms with Gasteiger partial charge in [-0.15, -0.1) is 0 Å². The molecule has 0 aliphatic carbocycles. The number of hydrogen-bond donors (Lipinski definition) is 3. The molecule has 3 N–H and O–H groups in total. The van der Waals surface area contributed by atoms with Crippen molar-refractivity contribution in [2.45, 2.75) is 32.7 Å². The SMILES string of the molecule is CCN=C(/C=C(\C)Nc1ccc(Oc2ccccc2)cc1)NC1CCCNC1. The third-order valence-corrected chi connectivity index (χ3v) is 4.51. The first kappa shape index (κ1) is 20.0. The molecular formula is C23H30N4O. The van der Waals surface area contributed by atoms with Crippen molar-refractivity contribution in [3.8, 4) is 11.5 Å². The number of ether oxygens (including phenoxy) is 1. The second-order valence-corrected chi connectivity index (χ2v) is 6.94. The van der Waals surface area contributed by atoms with E-state index in [0.717, 1.165) is 48.4 Å².